The van der Waals surface area contributed by atoms with E-state index in [1.54, 1.807) is 11.8 Å². The van der Waals surface area contributed by atoms with Crippen molar-refractivity contribution >= 4 is 22.4 Å². The standard InChI is InChI=1S/C17H26N2O7S/c1-4-24-15(20)17(8-5-9-17)11-25-27(22,23)26-19-13-6-7-14(12(2)3)18(10-13)16(19)21/h13-14H,2,4-11H2,1,3H3/t13-,14+/m1/s1. The molecule has 3 fully saturated rings. The van der Waals surface area contributed by atoms with Gasteiger partial charge >= 0.3 is 22.4 Å². The maximum absolute atomic E-state index is 12.5. The quantitative estimate of drug-likeness (QED) is 0.450. The van der Waals surface area contributed by atoms with Crippen molar-refractivity contribution in [3.63, 3.8) is 0 Å². The Labute approximate surface area is 159 Å². The number of nitrogens with zero attached hydrogens (tertiary/aromatic N) is 2. The van der Waals surface area contributed by atoms with Gasteiger partial charge in [-0.2, -0.15) is 13.5 Å². The van der Waals surface area contributed by atoms with E-state index in [-0.39, 0.29) is 25.3 Å². The summed E-state index contributed by atoms with van der Waals surface area (Å²) in [5.74, 6) is -0.463. The molecule has 0 spiro atoms. The number of hydroxylamine groups is 2. The van der Waals surface area contributed by atoms with E-state index in [4.69, 9.17) is 13.2 Å². The molecule has 2 atom stereocenters. The predicted octanol–water partition coefficient (Wildman–Crippen LogP) is 1.76. The number of urea groups is 1. The summed E-state index contributed by atoms with van der Waals surface area (Å²) >= 11 is 0. The van der Waals surface area contributed by atoms with Crippen molar-refractivity contribution in [2.24, 2.45) is 5.41 Å². The minimum atomic E-state index is -4.48. The first-order valence-corrected chi connectivity index (χ1v) is 10.5. The average molecular weight is 402 g/mol. The summed E-state index contributed by atoms with van der Waals surface area (Å²) in [6, 6.07) is -0.983. The van der Waals surface area contributed by atoms with Crippen LogP contribution in [0, 0.1) is 5.41 Å². The highest BCUT2D eigenvalue weighted by atomic mass is 32.3. The van der Waals surface area contributed by atoms with Crippen molar-refractivity contribution in [2.75, 3.05) is 19.8 Å². The van der Waals surface area contributed by atoms with E-state index in [1.807, 2.05) is 6.92 Å². The van der Waals surface area contributed by atoms with E-state index in [2.05, 4.69) is 6.58 Å². The van der Waals surface area contributed by atoms with Gasteiger partial charge in [-0.05, 0) is 39.5 Å². The van der Waals surface area contributed by atoms with Crippen molar-refractivity contribution in [3.8, 4) is 0 Å². The van der Waals surface area contributed by atoms with E-state index in [0.29, 0.717) is 32.2 Å². The van der Waals surface area contributed by atoms with Crippen molar-refractivity contribution in [1.82, 2.24) is 9.96 Å². The van der Waals surface area contributed by atoms with Crippen LogP contribution in [-0.4, -0.2) is 62.2 Å². The third-order valence-electron chi connectivity index (χ3n) is 5.56. The first-order valence-electron chi connectivity index (χ1n) is 9.20. The molecule has 3 aliphatic rings. The lowest BCUT2D eigenvalue weighted by molar-refractivity contribution is -0.164. The molecule has 0 aromatic heterocycles. The molecule has 0 unspecified atom stereocenters. The summed E-state index contributed by atoms with van der Waals surface area (Å²) in [7, 11) is -4.48. The van der Waals surface area contributed by atoms with Gasteiger partial charge in [0.05, 0.1) is 30.7 Å². The zero-order valence-electron chi connectivity index (χ0n) is 15.7. The monoisotopic (exact) mass is 402 g/mol. The lowest BCUT2D eigenvalue weighted by Crippen LogP contribution is -2.44. The molecule has 10 heteroatoms. The number of rotatable bonds is 8. The van der Waals surface area contributed by atoms with Crippen LogP contribution in [0.25, 0.3) is 0 Å². The van der Waals surface area contributed by atoms with Crippen LogP contribution in [-0.2, 0) is 28.4 Å². The molecule has 3 rings (SSSR count). The van der Waals surface area contributed by atoms with Crippen LogP contribution in [0.5, 0.6) is 0 Å². The van der Waals surface area contributed by atoms with Crippen LogP contribution in [0.4, 0.5) is 4.79 Å². The van der Waals surface area contributed by atoms with Gasteiger partial charge in [-0.1, -0.05) is 18.6 Å². The number of hydrogen-bond donors (Lipinski definition) is 0. The van der Waals surface area contributed by atoms with Gasteiger partial charge in [0, 0.05) is 6.54 Å². The molecule has 2 bridgehead atoms. The Kier molecular flexibility index (Phi) is 5.51. The third kappa shape index (κ3) is 3.83. The second kappa shape index (κ2) is 7.40. The molecular formula is C17H26N2O7S. The molecule has 2 heterocycles. The fourth-order valence-corrected chi connectivity index (χ4v) is 4.64. The molecule has 0 N–H and O–H groups in total. The molecule has 2 amide bonds. The van der Waals surface area contributed by atoms with E-state index < -0.39 is 27.8 Å². The Hall–Kier alpha value is -1.65. The molecule has 0 aromatic carbocycles. The van der Waals surface area contributed by atoms with Crippen LogP contribution in [0.1, 0.15) is 46.0 Å². The van der Waals surface area contributed by atoms with Crippen LogP contribution < -0.4 is 0 Å². The molecule has 2 aliphatic heterocycles. The van der Waals surface area contributed by atoms with Gasteiger partial charge < -0.3 is 9.64 Å². The fraction of sp³-hybridized carbons (Fsp3) is 0.765. The van der Waals surface area contributed by atoms with Crippen molar-refractivity contribution in [3.05, 3.63) is 12.2 Å². The van der Waals surface area contributed by atoms with Gasteiger partial charge in [-0.25, -0.2) is 8.98 Å². The van der Waals surface area contributed by atoms with Crippen LogP contribution in [0.2, 0.25) is 0 Å². The second-order valence-electron chi connectivity index (χ2n) is 7.45. The number of carbonyl (C=O) groups excluding carboxylic acids is 2. The first-order chi connectivity index (χ1) is 12.7. The Balaban J connectivity index is 1.63. The largest absolute Gasteiger partial charge is 0.465 e. The Morgan fingerprint density at radius 3 is 2.59 bits per heavy atom. The van der Waals surface area contributed by atoms with Crippen LogP contribution in [0.15, 0.2) is 12.2 Å². The highest BCUT2D eigenvalue weighted by Crippen LogP contribution is 2.43. The van der Waals surface area contributed by atoms with Gasteiger partial charge in [0.25, 0.3) is 0 Å². The molecule has 0 radical (unpaired) electrons. The topological polar surface area (TPSA) is 102 Å². The van der Waals surface area contributed by atoms with Crippen LogP contribution in [0.3, 0.4) is 0 Å². The van der Waals surface area contributed by atoms with E-state index in [0.717, 1.165) is 17.1 Å². The minimum absolute atomic E-state index is 0.118. The number of amides is 2. The molecular weight excluding hydrogens is 376 g/mol. The Morgan fingerprint density at radius 2 is 2.04 bits per heavy atom. The fourth-order valence-electron chi connectivity index (χ4n) is 3.84. The lowest BCUT2D eigenvalue weighted by atomic mass is 9.69. The van der Waals surface area contributed by atoms with Gasteiger partial charge in [0.1, 0.15) is 0 Å². The Morgan fingerprint density at radius 1 is 1.33 bits per heavy atom. The zero-order chi connectivity index (χ0) is 19.8. The van der Waals surface area contributed by atoms with E-state index in [9.17, 15) is 18.0 Å². The number of carbonyl (C=O) groups is 2. The second-order valence-corrected chi connectivity index (χ2v) is 8.65. The average Bonchev–Trinajstić information content (AvgIpc) is 2.78. The van der Waals surface area contributed by atoms with Gasteiger partial charge in [0.15, 0.2) is 0 Å². The number of ether oxygens (including phenoxy) is 1. The maximum Gasteiger partial charge on any atom is 0.421 e. The normalized spacial score (nSPS) is 26.7. The number of hydrogen-bond acceptors (Lipinski definition) is 7. The summed E-state index contributed by atoms with van der Waals surface area (Å²) in [6.45, 7) is 7.68. The van der Waals surface area contributed by atoms with Crippen molar-refractivity contribution < 1.29 is 31.2 Å². The van der Waals surface area contributed by atoms with Crippen LogP contribution >= 0.6 is 0 Å². The number of esters is 1. The summed E-state index contributed by atoms with van der Waals surface area (Å²) in [5, 5.41) is 0.871. The summed E-state index contributed by atoms with van der Waals surface area (Å²) in [5.41, 5.74) is -0.101. The molecule has 2 saturated heterocycles. The molecule has 0 aromatic rings. The van der Waals surface area contributed by atoms with Crippen molar-refractivity contribution in [2.45, 2.75) is 58.0 Å². The highest BCUT2D eigenvalue weighted by molar-refractivity contribution is 7.81. The third-order valence-corrected chi connectivity index (χ3v) is 6.31. The van der Waals surface area contributed by atoms with E-state index >= 15 is 0 Å². The Bertz CT molecular complexity index is 732. The summed E-state index contributed by atoms with van der Waals surface area (Å²) in [4.78, 5) is 26.2. The van der Waals surface area contributed by atoms with Gasteiger partial charge in [-0.15, -0.1) is 4.28 Å². The van der Waals surface area contributed by atoms with E-state index in [1.165, 1.54) is 0 Å². The summed E-state index contributed by atoms with van der Waals surface area (Å²) < 4.78 is 39.5. The number of fused-ring (bicyclic) bond motifs is 2. The predicted molar refractivity (Wildman–Crippen MR) is 94.4 cm³/mol. The first kappa shape index (κ1) is 20.1. The zero-order valence-corrected chi connectivity index (χ0v) is 16.5. The molecule has 1 aliphatic carbocycles. The minimum Gasteiger partial charge on any atom is -0.465 e. The van der Waals surface area contributed by atoms with Crippen molar-refractivity contribution in [1.29, 1.82) is 0 Å². The molecule has 1 saturated carbocycles. The SMILES string of the molecule is C=C(C)[C@@H]1CC[C@@H]2CN1C(=O)N2OS(=O)(=O)OCC1(C(=O)OCC)CCC1. The molecule has 9 nitrogen and oxygen atoms in total. The summed E-state index contributed by atoms with van der Waals surface area (Å²) in [6.07, 6.45) is 3.12. The van der Waals surface area contributed by atoms with Gasteiger partial charge in [0.2, 0.25) is 0 Å². The smallest absolute Gasteiger partial charge is 0.421 e. The highest BCUT2D eigenvalue weighted by Gasteiger charge is 2.50. The molecule has 152 valence electrons. The van der Waals surface area contributed by atoms with Gasteiger partial charge in [-0.3, -0.25) is 4.79 Å². The lowest BCUT2D eigenvalue weighted by Gasteiger charge is -2.38. The number of piperidine rings is 1. The molecule has 27 heavy (non-hydrogen) atoms. The maximum atomic E-state index is 12.5.